The molecule has 0 saturated heterocycles. The molecule has 0 aliphatic carbocycles. The van der Waals surface area contributed by atoms with E-state index in [0.717, 1.165) is 29.0 Å². The van der Waals surface area contributed by atoms with E-state index in [2.05, 4.69) is 10.3 Å². The Morgan fingerprint density at radius 2 is 2.62 bits per heavy atom. The molecule has 1 amide bonds. The summed E-state index contributed by atoms with van der Waals surface area (Å²) < 4.78 is 1.14. The summed E-state index contributed by atoms with van der Waals surface area (Å²) in [4.78, 5) is 15.3. The number of aliphatic imine (C=N–C) groups is 1. The largest absolute Gasteiger partial charge is 0.356 e. The maximum Gasteiger partial charge on any atom is 0.220 e. The monoisotopic (exact) mass is 218 g/mol. The Bertz CT molecular complexity index is 206. The molecule has 0 radical (unpaired) electrons. The lowest BCUT2D eigenvalue weighted by Gasteiger charge is -2.01. The summed E-state index contributed by atoms with van der Waals surface area (Å²) in [6.07, 6.45) is 0.595. The number of thioether (sulfide) groups is 2. The highest BCUT2D eigenvalue weighted by Crippen LogP contribution is 2.22. The number of hydrogen-bond donors (Lipinski definition) is 1. The van der Waals surface area contributed by atoms with Gasteiger partial charge in [0.15, 0.2) is 0 Å². The van der Waals surface area contributed by atoms with Gasteiger partial charge in [0, 0.05) is 24.5 Å². The predicted octanol–water partition coefficient (Wildman–Crippen LogP) is 1.35. The quantitative estimate of drug-likeness (QED) is 0.774. The predicted molar refractivity (Wildman–Crippen MR) is 60.5 cm³/mol. The Morgan fingerprint density at radius 3 is 3.23 bits per heavy atom. The second-order valence-electron chi connectivity index (χ2n) is 2.55. The van der Waals surface area contributed by atoms with Gasteiger partial charge in [0.2, 0.25) is 5.91 Å². The van der Waals surface area contributed by atoms with Crippen LogP contribution in [-0.4, -0.2) is 34.9 Å². The van der Waals surface area contributed by atoms with E-state index in [-0.39, 0.29) is 5.91 Å². The Labute approximate surface area is 87.1 Å². The number of amides is 1. The molecule has 0 aromatic heterocycles. The Kier molecular flexibility index (Phi) is 5.31. The fourth-order valence-corrected chi connectivity index (χ4v) is 2.94. The van der Waals surface area contributed by atoms with Crippen molar-refractivity contribution in [3.8, 4) is 0 Å². The zero-order valence-corrected chi connectivity index (χ0v) is 9.34. The number of nitrogens with one attached hydrogen (secondary N) is 1. The average molecular weight is 218 g/mol. The molecule has 0 aromatic carbocycles. The summed E-state index contributed by atoms with van der Waals surface area (Å²) in [6.45, 7) is 3.59. The molecule has 3 nitrogen and oxygen atoms in total. The van der Waals surface area contributed by atoms with E-state index >= 15 is 0 Å². The summed E-state index contributed by atoms with van der Waals surface area (Å²) in [5.74, 6) is 2.08. The zero-order valence-electron chi connectivity index (χ0n) is 7.71. The van der Waals surface area contributed by atoms with Crippen molar-refractivity contribution in [1.82, 2.24) is 5.32 Å². The first-order valence-electron chi connectivity index (χ1n) is 4.39. The van der Waals surface area contributed by atoms with Crippen molar-refractivity contribution in [2.75, 3.05) is 24.6 Å². The van der Waals surface area contributed by atoms with Gasteiger partial charge in [-0.2, -0.15) is 0 Å². The first-order valence-corrected chi connectivity index (χ1v) is 6.36. The third kappa shape index (κ3) is 4.57. The average Bonchev–Trinajstić information content (AvgIpc) is 2.57. The molecule has 0 unspecified atom stereocenters. The van der Waals surface area contributed by atoms with Gasteiger partial charge in [0.25, 0.3) is 0 Å². The molecule has 1 rings (SSSR count). The molecule has 0 fully saturated rings. The van der Waals surface area contributed by atoms with E-state index in [1.165, 1.54) is 0 Å². The molecule has 0 bridgehead atoms. The summed E-state index contributed by atoms with van der Waals surface area (Å²) >= 11 is 3.48. The van der Waals surface area contributed by atoms with Crippen LogP contribution in [0, 0.1) is 0 Å². The van der Waals surface area contributed by atoms with Crippen LogP contribution in [-0.2, 0) is 4.79 Å². The molecule has 0 spiro atoms. The minimum atomic E-state index is 0.138. The minimum Gasteiger partial charge on any atom is -0.356 e. The molecular weight excluding hydrogens is 204 g/mol. The van der Waals surface area contributed by atoms with Crippen molar-refractivity contribution in [3.05, 3.63) is 0 Å². The standard InChI is InChI=1S/C8H14N2OS2/c1-2-9-7(11)3-5-12-8-10-4-6-13-8/h2-6H2,1H3,(H,9,11). The highest BCUT2D eigenvalue weighted by Gasteiger charge is 2.08. The van der Waals surface area contributed by atoms with E-state index in [4.69, 9.17) is 0 Å². The van der Waals surface area contributed by atoms with Crippen LogP contribution in [0.4, 0.5) is 0 Å². The van der Waals surface area contributed by atoms with E-state index in [1.54, 1.807) is 23.5 Å². The van der Waals surface area contributed by atoms with Crippen molar-refractivity contribution in [3.63, 3.8) is 0 Å². The molecule has 1 aliphatic heterocycles. The van der Waals surface area contributed by atoms with Gasteiger partial charge in [-0.15, -0.1) is 0 Å². The van der Waals surface area contributed by atoms with Gasteiger partial charge in [-0.3, -0.25) is 9.79 Å². The van der Waals surface area contributed by atoms with Crippen LogP contribution >= 0.6 is 23.5 Å². The Morgan fingerprint density at radius 1 is 1.77 bits per heavy atom. The molecule has 74 valence electrons. The van der Waals surface area contributed by atoms with Crippen molar-refractivity contribution in [1.29, 1.82) is 0 Å². The van der Waals surface area contributed by atoms with E-state index in [9.17, 15) is 4.79 Å². The first kappa shape index (κ1) is 10.9. The molecular formula is C8H14N2OS2. The van der Waals surface area contributed by atoms with Gasteiger partial charge >= 0.3 is 0 Å². The third-order valence-electron chi connectivity index (χ3n) is 1.49. The molecule has 0 saturated carbocycles. The highest BCUT2D eigenvalue weighted by atomic mass is 32.2. The Balaban J connectivity index is 2.03. The van der Waals surface area contributed by atoms with Crippen LogP contribution in [0.15, 0.2) is 4.99 Å². The molecule has 1 N–H and O–H groups in total. The summed E-state index contributed by atoms with van der Waals surface area (Å²) in [7, 11) is 0. The van der Waals surface area contributed by atoms with Crippen molar-refractivity contribution >= 4 is 33.8 Å². The highest BCUT2D eigenvalue weighted by molar-refractivity contribution is 8.39. The maximum atomic E-state index is 11.0. The molecule has 0 aromatic rings. The molecule has 5 heteroatoms. The second-order valence-corrected chi connectivity index (χ2v) is 4.97. The third-order valence-corrected chi connectivity index (χ3v) is 3.74. The Hall–Kier alpha value is -0.160. The number of carbonyl (C=O) groups excluding carboxylic acids is 1. The van der Waals surface area contributed by atoms with E-state index < -0.39 is 0 Å². The lowest BCUT2D eigenvalue weighted by molar-refractivity contribution is -0.120. The summed E-state index contributed by atoms with van der Waals surface area (Å²) in [5.41, 5.74) is 0. The van der Waals surface area contributed by atoms with Crippen LogP contribution in [0.5, 0.6) is 0 Å². The van der Waals surface area contributed by atoms with Gasteiger partial charge in [0.05, 0.1) is 6.54 Å². The van der Waals surface area contributed by atoms with Crippen LogP contribution in [0.3, 0.4) is 0 Å². The van der Waals surface area contributed by atoms with E-state index in [1.807, 2.05) is 6.92 Å². The molecule has 1 aliphatic rings. The number of nitrogens with zero attached hydrogens (tertiary/aromatic N) is 1. The van der Waals surface area contributed by atoms with Crippen LogP contribution in [0.25, 0.3) is 0 Å². The van der Waals surface area contributed by atoms with Crippen molar-refractivity contribution in [2.24, 2.45) is 4.99 Å². The van der Waals surface area contributed by atoms with Gasteiger partial charge in [-0.25, -0.2) is 0 Å². The summed E-state index contributed by atoms with van der Waals surface area (Å²) in [6, 6.07) is 0. The van der Waals surface area contributed by atoms with Crippen LogP contribution in [0.1, 0.15) is 13.3 Å². The second kappa shape index (κ2) is 6.32. The SMILES string of the molecule is CCNC(=O)CCSC1=NCCS1. The first-order chi connectivity index (χ1) is 6.33. The van der Waals surface area contributed by atoms with E-state index in [0.29, 0.717) is 6.42 Å². The smallest absolute Gasteiger partial charge is 0.220 e. The number of rotatable bonds is 4. The lowest BCUT2D eigenvalue weighted by atomic mass is 10.4. The van der Waals surface area contributed by atoms with Crippen LogP contribution in [0.2, 0.25) is 0 Å². The van der Waals surface area contributed by atoms with Gasteiger partial charge in [0.1, 0.15) is 4.38 Å². The number of hydrogen-bond acceptors (Lipinski definition) is 4. The van der Waals surface area contributed by atoms with Gasteiger partial charge in [-0.05, 0) is 6.92 Å². The topological polar surface area (TPSA) is 41.5 Å². The van der Waals surface area contributed by atoms with Crippen molar-refractivity contribution in [2.45, 2.75) is 13.3 Å². The molecule has 1 heterocycles. The number of carbonyl (C=O) groups is 1. The molecule has 0 atom stereocenters. The summed E-state index contributed by atoms with van der Waals surface area (Å²) in [5, 5.41) is 2.77. The molecule has 13 heavy (non-hydrogen) atoms. The minimum absolute atomic E-state index is 0.138. The van der Waals surface area contributed by atoms with Crippen molar-refractivity contribution < 1.29 is 4.79 Å². The lowest BCUT2D eigenvalue weighted by Crippen LogP contribution is -2.22. The fourth-order valence-electron chi connectivity index (χ4n) is 0.919. The fraction of sp³-hybridized carbons (Fsp3) is 0.750. The van der Waals surface area contributed by atoms with Crippen LogP contribution < -0.4 is 5.32 Å². The van der Waals surface area contributed by atoms with Gasteiger partial charge < -0.3 is 5.32 Å². The zero-order chi connectivity index (χ0) is 9.52. The maximum absolute atomic E-state index is 11.0. The van der Waals surface area contributed by atoms with Gasteiger partial charge in [-0.1, -0.05) is 23.5 Å². The normalized spacial score (nSPS) is 15.6.